The number of anilines is 1. The number of nitrogens with two attached hydrogens (primary N) is 1. The van der Waals surface area contributed by atoms with E-state index in [1.165, 1.54) is 6.07 Å². The van der Waals surface area contributed by atoms with E-state index in [1.54, 1.807) is 13.0 Å². The number of benzene rings is 1. The number of carbonyl (C=O) groups is 1. The highest BCUT2D eigenvalue weighted by Crippen LogP contribution is 2.29. The van der Waals surface area contributed by atoms with E-state index in [1.807, 2.05) is 13.8 Å². The van der Waals surface area contributed by atoms with E-state index in [0.717, 1.165) is 0 Å². The molecule has 1 aromatic rings. The minimum atomic E-state index is -0.306. The van der Waals surface area contributed by atoms with Gasteiger partial charge in [0.05, 0.1) is 10.4 Å². The van der Waals surface area contributed by atoms with Crippen LogP contribution in [-0.2, 0) is 0 Å². The summed E-state index contributed by atoms with van der Waals surface area (Å²) in [6.45, 7) is 5.60. The summed E-state index contributed by atoms with van der Waals surface area (Å²) in [6, 6.07) is 3.16. The minimum Gasteiger partial charge on any atom is -0.507 e. The molecule has 1 unspecified atom stereocenters. The van der Waals surface area contributed by atoms with Crippen molar-refractivity contribution in [2.75, 3.05) is 5.73 Å². The van der Waals surface area contributed by atoms with E-state index in [4.69, 9.17) is 5.73 Å². The summed E-state index contributed by atoms with van der Waals surface area (Å²) in [7, 11) is 0. The maximum atomic E-state index is 12.0. The molecule has 3 N–H and O–H groups in total. The van der Waals surface area contributed by atoms with Crippen LogP contribution in [0.3, 0.4) is 0 Å². The van der Waals surface area contributed by atoms with Crippen molar-refractivity contribution in [1.82, 2.24) is 0 Å². The largest absolute Gasteiger partial charge is 0.507 e. The monoisotopic (exact) mass is 285 g/mol. The number of hydrogen-bond acceptors (Lipinski definition) is 3. The van der Waals surface area contributed by atoms with E-state index in [2.05, 4.69) is 15.9 Å². The van der Waals surface area contributed by atoms with Gasteiger partial charge >= 0.3 is 0 Å². The highest BCUT2D eigenvalue weighted by Gasteiger charge is 2.23. The van der Waals surface area contributed by atoms with E-state index in [-0.39, 0.29) is 27.8 Å². The second-order valence-electron chi connectivity index (χ2n) is 4.24. The Kier molecular flexibility index (Phi) is 3.97. The number of aryl methyl sites for hydroxylation is 1. The zero-order valence-corrected chi connectivity index (χ0v) is 11.2. The third-order valence-corrected chi connectivity index (χ3v) is 3.90. The summed E-state index contributed by atoms with van der Waals surface area (Å²) in [5.41, 5.74) is 7.05. The lowest BCUT2D eigenvalue weighted by Crippen LogP contribution is -2.20. The van der Waals surface area contributed by atoms with Crippen molar-refractivity contribution >= 4 is 27.4 Å². The Morgan fingerprint density at radius 3 is 2.50 bits per heavy atom. The van der Waals surface area contributed by atoms with Gasteiger partial charge in [0, 0.05) is 5.69 Å². The van der Waals surface area contributed by atoms with Crippen molar-refractivity contribution in [1.29, 1.82) is 0 Å². The van der Waals surface area contributed by atoms with Crippen LogP contribution in [0.5, 0.6) is 5.75 Å². The second kappa shape index (κ2) is 4.87. The van der Waals surface area contributed by atoms with Crippen molar-refractivity contribution < 1.29 is 9.90 Å². The molecule has 0 amide bonds. The molecule has 16 heavy (non-hydrogen) atoms. The molecule has 0 aromatic heterocycles. The number of alkyl halides is 1. The standard InChI is InChI=1S/C12H16BrNO2/c1-6(2)10(13)12(16)9-5-8(14)4-7(3)11(9)15/h4-6,10,15H,14H2,1-3H3. The highest BCUT2D eigenvalue weighted by molar-refractivity contribution is 9.10. The van der Waals surface area contributed by atoms with Crippen LogP contribution >= 0.6 is 15.9 Å². The quantitative estimate of drug-likeness (QED) is 0.388. The summed E-state index contributed by atoms with van der Waals surface area (Å²) in [4.78, 5) is 11.7. The highest BCUT2D eigenvalue weighted by atomic mass is 79.9. The maximum absolute atomic E-state index is 12.0. The van der Waals surface area contributed by atoms with E-state index < -0.39 is 0 Å². The minimum absolute atomic E-state index is 0.0179. The van der Waals surface area contributed by atoms with Gasteiger partial charge in [0.15, 0.2) is 5.78 Å². The molecule has 0 aliphatic carbocycles. The average molecular weight is 286 g/mol. The Labute approximate surface area is 104 Å². The Morgan fingerprint density at radius 1 is 1.44 bits per heavy atom. The van der Waals surface area contributed by atoms with Crippen LogP contribution in [0.4, 0.5) is 5.69 Å². The normalized spacial score (nSPS) is 12.8. The molecule has 0 aliphatic heterocycles. The molecule has 0 saturated carbocycles. The molecule has 1 rings (SSSR count). The van der Waals surface area contributed by atoms with Crippen LogP contribution < -0.4 is 5.73 Å². The second-order valence-corrected chi connectivity index (χ2v) is 5.23. The predicted molar refractivity (Wildman–Crippen MR) is 69.1 cm³/mol. The van der Waals surface area contributed by atoms with Gasteiger partial charge in [0.2, 0.25) is 0 Å². The van der Waals surface area contributed by atoms with Crippen molar-refractivity contribution in [3.63, 3.8) is 0 Å². The van der Waals surface area contributed by atoms with Gasteiger partial charge in [-0.2, -0.15) is 0 Å². The molecule has 1 atom stereocenters. The number of phenols is 1. The third-order valence-electron chi connectivity index (χ3n) is 2.42. The Hall–Kier alpha value is -1.03. The van der Waals surface area contributed by atoms with Crippen LogP contribution in [0, 0.1) is 12.8 Å². The molecular weight excluding hydrogens is 270 g/mol. The molecule has 0 saturated heterocycles. The van der Waals surface area contributed by atoms with Crippen molar-refractivity contribution in [3.8, 4) is 5.75 Å². The maximum Gasteiger partial charge on any atom is 0.180 e. The van der Waals surface area contributed by atoms with Crippen LogP contribution in [0.25, 0.3) is 0 Å². The lowest BCUT2D eigenvalue weighted by Gasteiger charge is -2.14. The van der Waals surface area contributed by atoms with Gasteiger partial charge < -0.3 is 10.8 Å². The van der Waals surface area contributed by atoms with E-state index >= 15 is 0 Å². The summed E-state index contributed by atoms with van der Waals surface area (Å²) >= 11 is 3.33. The van der Waals surface area contributed by atoms with Gasteiger partial charge in [-0.1, -0.05) is 29.8 Å². The molecule has 0 fully saturated rings. The van der Waals surface area contributed by atoms with Gasteiger partial charge in [0.25, 0.3) is 0 Å². The topological polar surface area (TPSA) is 63.3 Å². The Morgan fingerprint density at radius 2 is 2.00 bits per heavy atom. The number of phenolic OH excluding ortho intramolecular Hbond substituents is 1. The van der Waals surface area contributed by atoms with E-state index in [0.29, 0.717) is 11.3 Å². The number of aromatic hydroxyl groups is 1. The SMILES string of the molecule is Cc1cc(N)cc(C(=O)C(Br)C(C)C)c1O. The molecule has 0 aliphatic rings. The molecule has 0 heterocycles. The number of Topliss-reactive ketones (excluding diaryl/α,β-unsaturated/α-hetero) is 1. The smallest absolute Gasteiger partial charge is 0.180 e. The van der Waals surface area contributed by atoms with Gasteiger partial charge in [-0.3, -0.25) is 4.79 Å². The van der Waals surface area contributed by atoms with Crippen LogP contribution in [0.1, 0.15) is 29.8 Å². The first-order valence-electron chi connectivity index (χ1n) is 5.12. The zero-order valence-electron chi connectivity index (χ0n) is 9.62. The number of nitrogen functional groups attached to an aromatic ring is 1. The molecule has 1 aromatic carbocycles. The molecule has 0 bridgehead atoms. The molecule has 3 nitrogen and oxygen atoms in total. The fraction of sp³-hybridized carbons (Fsp3) is 0.417. The van der Waals surface area contributed by atoms with Crippen molar-refractivity contribution in [2.45, 2.75) is 25.6 Å². The molecule has 0 radical (unpaired) electrons. The Balaban J connectivity index is 3.18. The molecule has 88 valence electrons. The van der Waals surface area contributed by atoms with Crippen molar-refractivity contribution in [2.24, 2.45) is 5.92 Å². The number of ketones is 1. The fourth-order valence-electron chi connectivity index (χ4n) is 1.45. The zero-order chi connectivity index (χ0) is 12.5. The van der Waals surface area contributed by atoms with Gasteiger partial charge in [-0.15, -0.1) is 0 Å². The number of halogens is 1. The van der Waals surface area contributed by atoms with Crippen LogP contribution in [0.2, 0.25) is 0 Å². The first kappa shape index (κ1) is 13.0. The van der Waals surface area contributed by atoms with Crippen molar-refractivity contribution in [3.05, 3.63) is 23.3 Å². The lowest BCUT2D eigenvalue weighted by atomic mass is 9.98. The van der Waals surface area contributed by atoms with Crippen LogP contribution in [-0.4, -0.2) is 15.7 Å². The van der Waals surface area contributed by atoms with Gasteiger partial charge in [-0.05, 0) is 30.5 Å². The first-order valence-corrected chi connectivity index (χ1v) is 6.03. The van der Waals surface area contributed by atoms with Gasteiger partial charge in [-0.25, -0.2) is 0 Å². The molecular formula is C12H16BrNO2. The summed E-state index contributed by atoms with van der Waals surface area (Å²) in [6.07, 6.45) is 0. The predicted octanol–water partition coefficient (Wildman–Crippen LogP) is 2.89. The third kappa shape index (κ3) is 2.55. The lowest BCUT2D eigenvalue weighted by molar-refractivity contribution is 0.0975. The molecule has 0 spiro atoms. The summed E-state index contributed by atoms with van der Waals surface area (Å²) < 4.78 is 0. The van der Waals surface area contributed by atoms with Gasteiger partial charge in [0.1, 0.15) is 5.75 Å². The number of carbonyl (C=O) groups excluding carboxylic acids is 1. The number of rotatable bonds is 3. The fourth-order valence-corrected chi connectivity index (χ4v) is 1.69. The molecule has 4 heteroatoms. The number of hydrogen-bond donors (Lipinski definition) is 2. The summed E-state index contributed by atoms with van der Waals surface area (Å²) in [5, 5.41) is 9.83. The van der Waals surface area contributed by atoms with Crippen LogP contribution in [0.15, 0.2) is 12.1 Å². The summed E-state index contributed by atoms with van der Waals surface area (Å²) in [5.74, 6) is 0.0424. The average Bonchev–Trinajstić information content (AvgIpc) is 2.21. The first-order chi connectivity index (χ1) is 7.34. The van der Waals surface area contributed by atoms with E-state index in [9.17, 15) is 9.90 Å². The Bertz CT molecular complexity index is 416.